The Bertz CT molecular complexity index is 874. The number of nitrogens with one attached hydrogen (secondary N) is 2. The summed E-state index contributed by atoms with van der Waals surface area (Å²) in [6.07, 6.45) is 4.53. The number of benzene rings is 2. The van der Waals surface area contributed by atoms with E-state index in [2.05, 4.69) is 44.7 Å². The number of ether oxygens (including phenoxy) is 1. The average molecular weight is 377 g/mol. The smallest absolute Gasteiger partial charge is 0.324 e. The number of amides is 2. The highest BCUT2D eigenvalue weighted by Crippen LogP contribution is 2.23. The molecule has 0 atom stereocenters. The van der Waals surface area contributed by atoms with Gasteiger partial charge in [0.25, 0.3) is 0 Å². The van der Waals surface area contributed by atoms with Crippen LogP contribution in [0.1, 0.15) is 5.56 Å². The molecule has 0 fully saturated rings. The first-order valence-electron chi connectivity index (χ1n) is 8.99. The number of rotatable bonds is 8. The first kappa shape index (κ1) is 19.3. The first-order valence-corrected chi connectivity index (χ1v) is 8.99. The van der Waals surface area contributed by atoms with Crippen molar-refractivity contribution in [1.29, 1.82) is 0 Å². The van der Waals surface area contributed by atoms with E-state index in [1.54, 1.807) is 12.3 Å². The molecular weight excluding hydrogens is 354 g/mol. The van der Waals surface area contributed by atoms with E-state index in [0.717, 1.165) is 13.1 Å². The molecule has 3 aromatic rings. The minimum Gasteiger partial charge on any atom is -0.490 e. The molecule has 1 heterocycles. The number of likely N-dealkylation sites (N-methyl/N-ethyl adjacent to an activating group) is 1. The topological polar surface area (TPSA) is 79.4 Å². The van der Waals surface area contributed by atoms with Crippen molar-refractivity contribution in [2.45, 2.75) is 6.54 Å². The molecule has 0 aliphatic heterocycles. The van der Waals surface area contributed by atoms with Gasteiger partial charge in [-0.3, -0.25) is 15.2 Å². The van der Waals surface area contributed by atoms with E-state index in [4.69, 9.17) is 4.74 Å². The molecule has 0 aliphatic rings. The molecule has 7 heteroatoms. The van der Waals surface area contributed by atoms with E-state index in [-0.39, 0.29) is 0 Å². The zero-order valence-electron chi connectivity index (χ0n) is 15.7. The Balaban J connectivity index is 1.50. The summed E-state index contributed by atoms with van der Waals surface area (Å²) >= 11 is 0. The van der Waals surface area contributed by atoms with Crippen molar-refractivity contribution in [2.24, 2.45) is 0 Å². The first-order chi connectivity index (χ1) is 13.7. The molecule has 0 aliphatic carbocycles. The van der Waals surface area contributed by atoms with Crippen molar-refractivity contribution in [3.05, 3.63) is 78.8 Å². The van der Waals surface area contributed by atoms with E-state index < -0.39 is 6.03 Å². The van der Waals surface area contributed by atoms with Crippen molar-refractivity contribution >= 4 is 17.5 Å². The lowest BCUT2D eigenvalue weighted by Crippen LogP contribution is -2.24. The van der Waals surface area contributed by atoms with Crippen molar-refractivity contribution in [2.75, 3.05) is 30.8 Å². The fourth-order valence-electron chi connectivity index (χ4n) is 2.61. The number of hydrogen-bond acceptors (Lipinski definition) is 5. The normalized spacial score (nSPS) is 10.5. The fraction of sp³-hybridized carbons (Fsp3) is 0.190. The second kappa shape index (κ2) is 10.0. The number of nitrogens with zero attached hydrogens (tertiary/aromatic N) is 3. The van der Waals surface area contributed by atoms with Crippen LogP contribution in [0.4, 0.5) is 16.3 Å². The molecule has 3 rings (SSSR count). The van der Waals surface area contributed by atoms with Gasteiger partial charge in [0.15, 0.2) is 5.82 Å². The minimum atomic E-state index is -0.405. The van der Waals surface area contributed by atoms with Gasteiger partial charge in [0, 0.05) is 25.5 Å². The number of hydrogen-bond donors (Lipinski definition) is 2. The molecule has 0 unspecified atom stereocenters. The van der Waals surface area contributed by atoms with Gasteiger partial charge in [0.2, 0.25) is 0 Å². The van der Waals surface area contributed by atoms with Gasteiger partial charge in [-0.05, 0) is 24.7 Å². The molecule has 2 amide bonds. The van der Waals surface area contributed by atoms with E-state index >= 15 is 0 Å². The number of carbonyl (C=O) groups excluding carboxylic acids is 1. The highest BCUT2D eigenvalue weighted by atomic mass is 16.5. The standard InChI is InChI=1S/C21H23N5O2/c1-26(16-17-7-3-2-4-8-17)13-14-28-19-10-6-5-9-18(19)24-21(27)25-20-15-22-11-12-23-20/h2-12,15H,13-14,16H2,1H3,(H2,23,24,25,27). The maximum Gasteiger partial charge on any atom is 0.324 e. The summed E-state index contributed by atoms with van der Waals surface area (Å²) in [7, 11) is 2.05. The molecular formula is C21H23N5O2. The van der Waals surface area contributed by atoms with Gasteiger partial charge < -0.3 is 10.1 Å². The second-order valence-electron chi connectivity index (χ2n) is 6.24. The average Bonchev–Trinajstić information content (AvgIpc) is 2.71. The Kier molecular flexibility index (Phi) is 6.92. The lowest BCUT2D eigenvalue weighted by atomic mass is 10.2. The van der Waals surface area contributed by atoms with Crippen LogP contribution < -0.4 is 15.4 Å². The summed E-state index contributed by atoms with van der Waals surface area (Å²) < 4.78 is 5.88. The third-order valence-corrected chi connectivity index (χ3v) is 3.97. The molecule has 2 aromatic carbocycles. The minimum absolute atomic E-state index is 0.376. The van der Waals surface area contributed by atoms with Crippen LogP contribution in [0.3, 0.4) is 0 Å². The Hall–Kier alpha value is -3.45. The van der Waals surface area contributed by atoms with Crippen LogP contribution in [0, 0.1) is 0 Å². The SMILES string of the molecule is CN(CCOc1ccccc1NC(=O)Nc1cnccn1)Cc1ccccc1. The molecule has 28 heavy (non-hydrogen) atoms. The Morgan fingerprint density at radius 2 is 1.82 bits per heavy atom. The van der Waals surface area contributed by atoms with Crippen LogP contribution in [0.5, 0.6) is 5.75 Å². The van der Waals surface area contributed by atoms with E-state index in [1.165, 1.54) is 18.0 Å². The molecule has 0 saturated heterocycles. The lowest BCUT2D eigenvalue weighted by Gasteiger charge is -2.18. The quantitative estimate of drug-likeness (QED) is 0.627. The fourth-order valence-corrected chi connectivity index (χ4v) is 2.61. The van der Waals surface area contributed by atoms with Crippen LogP contribution in [0.2, 0.25) is 0 Å². The van der Waals surface area contributed by atoms with Gasteiger partial charge in [-0.2, -0.15) is 0 Å². The van der Waals surface area contributed by atoms with Gasteiger partial charge in [-0.1, -0.05) is 42.5 Å². The number of anilines is 2. The van der Waals surface area contributed by atoms with E-state index in [0.29, 0.717) is 23.9 Å². The number of urea groups is 1. The van der Waals surface area contributed by atoms with Crippen molar-refractivity contribution in [1.82, 2.24) is 14.9 Å². The number of aromatic nitrogens is 2. The largest absolute Gasteiger partial charge is 0.490 e. The van der Waals surface area contributed by atoms with Gasteiger partial charge in [0.05, 0.1) is 11.9 Å². The zero-order valence-corrected chi connectivity index (χ0v) is 15.7. The van der Waals surface area contributed by atoms with Gasteiger partial charge in [-0.25, -0.2) is 9.78 Å². The van der Waals surface area contributed by atoms with E-state index in [9.17, 15) is 4.79 Å². The van der Waals surface area contributed by atoms with Gasteiger partial charge in [0.1, 0.15) is 12.4 Å². The number of para-hydroxylation sites is 2. The lowest BCUT2D eigenvalue weighted by molar-refractivity contribution is 0.233. The van der Waals surface area contributed by atoms with Crippen LogP contribution >= 0.6 is 0 Å². The summed E-state index contributed by atoms with van der Waals surface area (Å²) in [6, 6.07) is 17.2. The van der Waals surface area contributed by atoms with Crippen molar-refractivity contribution in [3.8, 4) is 5.75 Å². The predicted octanol–water partition coefficient (Wildman–Crippen LogP) is 3.63. The second-order valence-corrected chi connectivity index (χ2v) is 6.24. The zero-order chi connectivity index (χ0) is 19.6. The van der Waals surface area contributed by atoms with Gasteiger partial charge in [-0.15, -0.1) is 0 Å². The molecule has 144 valence electrons. The van der Waals surface area contributed by atoms with Crippen LogP contribution in [-0.4, -0.2) is 41.1 Å². The monoisotopic (exact) mass is 377 g/mol. The van der Waals surface area contributed by atoms with E-state index in [1.807, 2.05) is 36.4 Å². The maximum absolute atomic E-state index is 12.2. The third-order valence-electron chi connectivity index (χ3n) is 3.97. The molecule has 1 aromatic heterocycles. The maximum atomic E-state index is 12.2. The summed E-state index contributed by atoms with van der Waals surface area (Å²) in [5, 5.41) is 5.41. The molecule has 0 saturated carbocycles. The molecule has 0 spiro atoms. The Labute approximate surface area is 164 Å². The van der Waals surface area contributed by atoms with Gasteiger partial charge >= 0.3 is 6.03 Å². The summed E-state index contributed by atoms with van der Waals surface area (Å²) in [4.78, 5) is 22.3. The molecule has 2 N–H and O–H groups in total. The highest BCUT2D eigenvalue weighted by molar-refractivity contribution is 5.99. The van der Waals surface area contributed by atoms with Crippen LogP contribution in [0.25, 0.3) is 0 Å². The predicted molar refractivity (Wildman–Crippen MR) is 109 cm³/mol. The van der Waals surface area contributed by atoms with Crippen LogP contribution in [-0.2, 0) is 6.54 Å². The number of carbonyl (C=O) groups is 1. The molecule has 0 radical (unpaired) electrons. The van der Waals surface area contributed by atoms with Crippen molar-refractivity contribution in [3.63, 3.8) is 0 Å². The van der Waals surface area contributed by atoms with Crippen LogP contribution in [0.15, 0.2) is 73.2 Å². The Morgan fingerprint density at radius 3 is 2.61 bits per heavy atom. The Morgan fingerprint density at radius 1 is 1.04 bits per heavy atom. The summed E-state index contributed by atoms with van der Waals surface area (Å²) in [6.45, 7) is 2.12. The third kappa shape index (κ3) is 6.07. The summed E-state index contributed by atoms with van der Waals surface area (Å²) in [5.74, 6) is 0.992. The summed E-state index contributed by atoms with van der Waals surface area (Å²) in [5.41, 5.74) is 1.85. The van der Waals surface area contributed by atoms with Crippen molar-refractivity contribution < 1.29 is 9.53 Å². The molecule has 7 nitrogen and oxygen atoms in total. The highest BCUT2D eigenvalue weighted by Gasteiger charge is 2.09. The molecule has 0 bridgehead atoms.